The van der Waals surface area contributed by atoms with Crippen LogP contribution >= 0.6 is 0 Å². The van der Waals surface area contributed by atoms with Gasteiger partial charge < -0.3 is 15.8 Å². The van der Waals surface area contributed by atoms with Gasteiger partial charge in [-0.2, -0.15) is 0 Å². The molecular weight excluding hydrogens is 398 g/mol. The standard InChI is InChI=1S/C27H33N3O2/c1-19-10-12-23(13-11-19)24-14-16-25(17-15-24)30(18-26(28)21(3)32-4)27(31)29-20(2)22-8-6-5-7-9-22/h5-17,20-21,26H,18,28H2,1-4H3,(H,29,31)/t20-,21+,26+/m0/s1. The summed E-state index contributed by atoms with van der Waals surface area (Å²) < 4.78 is 5.38. The second-order valence-electron chi connectivity index (χ2n) is 8.21. The van der Waals surface area contributed by atoms with Crippen LogP contribution < -0.4 is 16.0 Å². The van der Waals surface area contributed by atoms with E-state index >= 15 is 0 Å². The largest absolute Gasteiger partial charge is 0.380 e. The Balaban J connectivity index is 1.83. The van der Waals surface area contributed by atoms with Gasteiger partial charge in [-0.3, -0.25) is 4.90 Å². The van der Waals surface area contributed by atoms with Crippen molar-refractivity contribution in [3.8, 4) is 11.1 Å². The van der Waals surface area contributed by atoms with Crippen LogP contribution in [0.3, 0.4) is 0 Å². The Morgan fingerprint density at radius 3 is 2.06 bits per heavy atom. The molecule has 0 radical (unpaired) electrons. The molecule has 5 nitrogen and oxygen atoms in total. The SMILES string of the molecule is CO[C@H](C)[C@H](N)CN(C(=O)N[C@@H](C)c1ccccc1)c1ccc(-c2ccc(C)cc2)cc1. The second-order valence-corrected chi connectivity index (χ2v) is 8.21. The summed E-state index contributed by atoms with van der Waals surface area (Å²) in [6, 6.07) is 25.7. The molecule has 0 fully saturated rings. The summed E-state index contributed by atoms with van der Waals surface area (Å²) in [5, 5.41) is 3.10. The van der Waals surface area contributed by atoms with Gasteiger partial charge in [-0.25, -0.2) is 4.79 Å². The van der Waals surface area contributed by atoms with Crippen molar-refractivity contribution in [3.63, 3.8) is 0 Å². The van der Waals surface area contributed by atoms with Crippen LogP contribution in [0.4, 0.5) is 10.5 Å². The van der Waals surface area contributed by atoms with E-state index in [4.69, 9.17) is 10.5 Å². The van der Waals surface area contributed by atoms with Crippen LogP contribution in [-0.2, 0) is 4.74 Å². The van der Waals surface area contributed by atoms with Crippen LogP contribution in [0, 0.1) is 6.92 Å². The van der Waals surface area contributed by atoms with E-state index in [1.54, 1.807) is 12.0 Å². The van der Waals surface area contributed by atoms with Gasteiger partial charge in [0.1, 0.15) is 0 Å². The van der Waals surface area contributed by atoms with E-state index in [0.717, 1.165) is 22.4 Å². The van der Waals surface area contributed by atoms with E-state index in [1.807, 2.05) is 68.4 Å². The summed E-state index contributed by atoms with van der Waals surface area (Å²) in [7, 11) is 1.63. The van der Waals surface area contributed by atoms with Crippen LogP contribution in [-0.4, -0.2) is 31.8 Å². The zero-order valence-corrected chi connectivity index (χ0v) is 19.3. The molecule has 0 aliphatic heterocycles. The number of methoxy groups -OCH3 is 1. The number of nitrogens with zero attached hydrogens (tertiary/aromatic N) is 1. The second kappa shape index (κ2) is 10.9. The first-order chi connectivity index (χ1) is 15.4. The van der Waals surface area contributed by atoms with Crippen molar-refractivity contribution >= 4 is 11.7 Å². The normalized spacial score (nSPS) is 13.8. The number of amides is 2. The molecule has 0 aromatic heterocycles. The first kappa shape index (κ1) is 23.5. The van der Waals surface area contributed by atoms with Crippen LogP contribution in [0.5, 0.6) is 0 Å². The number of anilines is 1. The van der Waals surface area contributed by atoms with Crippen molar-refractivity contribution in [3.05, 3.63) is 90.0 Å². The van der Waals surface area contributed by atoms with Gasteiger partial charge in [-0.05, 0) is 49.6 Å². The maximum atomic E-state index is 13.3. The molecule has 3 aromatic rings. The smallest absolute Gasteiger partial charge is 0.322 e. The van der Waals surface area contributed by atoms with E-state index in [9.17, 15) is 4.79 Å². The molecule has 32 heavy (non-hydrogen) atoms. The van der Waals surface area contributed by atoms with E-state index in [0.29, 0.717) is 6.54 Å². The number of urea groups is 1. The topological polar surface area (TPSA) is 67.6 Å². The number of hydrogen-bond donors (Lipinski definition) is 2. The molecule has 0 unspecified atom stereocenters. The molecule has 3 rings (SSSR count). The van der Waals surface area contributed by atoms with E-state index < -0.39 is 0 Å². The van der Waals surface area contributed by atoms with E-state index in [-0.39, 0.29) is 24.2 Å². The highest BCUT2D eigenvalue weighted by Crippen LogP contribution is 2.24. The number of carbonyl (C=O) groups is 1. The fourth-order valence-corrected chi connectivity index (χ4v) is 3.51. The number of ether oxygens (including phenoxy) is 1. The zero-order valence-electron chi connectivity index (χ0n) is 19.3. The summed E-state index contributed by atoms with van der Waals surface area (Å²) in [6.07, 6.45) is -0.177. The van der Waals surface area contributed by atoms with E-state index in [1.165, 1.54) is 5.56 Å². The number of nitrogens with one attached hydrogen (secondary N) is 1. The van der Waals surface area contributed by atoms with Crippen LogP contribution in [0.2, 0.25) is 0 Å². The average molecular weight is 432 g/mol. The van der Waals surface area contributed by atoms with Crippen LogP contribution in [0.1, 0.15) is 31.0 Å². The third-order valence-electron chi connectivity index (χ3n) is 5.82. The molecule has 0 heterocycles. The van der Waals surface area contributed by atoms with Gasteiger partial charge in [-0.1, -0.05) is 72.3 Å². The van der Waals surface area contributed by atoms with Crippen LogP contribution in [0.25, 0.3) is 11.1 Å². The third kappa shape index (κ3) is 5.96. The third-order valence-corrected chi connectivity index (χ3v) is 5.82. The Labute approximate surface area is 191 Å². The fourth-order valence-electron chi connectivity index (χ4n) is 3.51. The quantitative estimate of drug-likeness (QED) is 0.508. The highest BCUT2D eigenvalue weighted by Gasteiger charge is 2.23. The molecule has 0 aliphatic carbocycles. The number of carbonyl (C=O) groups excluding carboxylic acids is 1. The molecule has 0 bridgehead atoms. The van der Waals surface area contributed by atoms with Gasteiger partial charge in [0.05, 0.1) is 12.1 Å². The Morgan fingerprint density at radius 2 is 1.50 bits per heavy atom. The van der Waals surface area contributed by atoms with Gasteiger partial charge in [0.15, 0.2) is 0 Å². The Hall–Kier alpha value is -3.15. The van der Waals surface area contributed by atoms with Gasteiger partial charge in [0.2, 0.25) is 0 Å². The minimum atomic E-state index is -0.324. The van der Waals surface area contributed by atoms with Crippen molar-refractivity contribution in [2.75, 3.05) is 18.6 Å². The monoisotopic (exact) mass is 431 g/mol. The van der Waals surface area contributed by atoms with Gasteiger partial charge >= 0.3 is 6.03 Å². The summed E-state index contributed by atoms with van der Waals surface area (Å²) in [4.78, 5) is 15.0. The molecule has 0 saturated heterocycles. The Bertz CT molecular complexity index is 988. The zero-order chi connectivity index (χ0) is 23.1. The molecule has 3 atom stereocenters. The molecular formula is C27H33N3O2. The Kier molecular flexibility index (Phi) is 8.03. The minimum absolute atomic E-state index is 0.130. The molecule has 0 spiro atoms. The highest BCUT2D eigenvalue weighted by molar-refractivity contribution is 5.92. The minimum Gasteiger partial charge on any atom is -0.380 e. The van der Waals surface area contributed by atoms with Crippen molar-refractivity contribution < 1.29 is 9.53 Å². The van der Waals surface area contributed by atoms with E-state index in [2.05, 4.69) is 36.5 Å². The predicted octanol–water partition coefficient (Wildman–Crippen LogP) is 5.30. The maximum absolute atomic E-state index is 13.3. The lowest BCUT2D eigenvalue weighted by molar-refractivity contribution is 0.0975. The fraction of sp³-hybridized carbons (Fsp3) is 0.296. The number of benzene rings is 3. The number of aryl methyl sites for hydroxylation is 1. The van der Waals surface area contributed by atoms with Crippen LogP contribution in [0.15, 0.2) is 78.9 Å². The first-order valence-electron chi connectivity index (χ1n) is 11.0. The molecule has 5 heteroatoms. The Morgan fingerprint density at radius 1 is 0.938 bits per heavy atom. The number of rotatable bonds is 8. The predicted molar refractivity (Wildman–Crippen MR) is 132 cm³/mol. The van der Waals surface area contributed by atoms with Gasteiger partial charge in [0, 0.05) is 25.4 Å². The summed E-state index contributed by atoms with van der Waals surface area (Å²) in [5.41, 5.74) is 11.6. The number of hydrogen-bond acceptors (Lipinski definition) is 3. The summed E-state index contributed by atoms with van der Waals surface area (Å²) >= 11 is 0. The summed E-state index contributed by atoms with van der Waals surface area (Å²) in [5.74, 6) is 0. The van der Waals surface area contributed by atoms with Crippen molar-refractivity contribution in [1.29, 1.82) is 0 Å². The molecule has 2 amide bonds. The number of nitrogens with two attached hydrogens (primary N) is 1. The lowest BCUT2D eigenvalue weighted by atomic mass is 10.0. The molecule has 3 N–H and O–H groups in total. The lowest BCUT2D eigenvalue weighted by Gasteiger charge is -2.30. The molecule has 3 aromatic carbocycles. The summed E-state index contributed by atoms with van der Waals surface area (Å²) in [6.45, 7) is 6.30. The molecule has 0 aliphatic rings. The first-order valence-corrected chi connectivity index (χ1v) is 11.0. The molecule has 0 saturated carbocycles. The maximum Gasteiger partial charge on any atom is 0.322 e. The van der Waals surface area contributed by atoms with Crippen molar-refractivity contribution in [2.45, 2.75) is 39.0 Å². The van der Waals surface area contributed by atoms with Crippen molar-refractivity contribution in [2.24, 2.45) is 5.73 Å². The van der Waals surface area contributed by atoms with Crippen molar-refractivity contribution in [1.82, 2.24) is 5.32 Å². The van der Waals surface area contributed by atoms with Gasteiger partial charge in [-0.15, -0.1) is 0 Å². The molecule has 168 valence electrons. The highest BCUT2D eigenvalue weighted by atomic mass is 16.5. The lowest BCUT2D eigenvalue weighted by Crippen LogP contribution is -2.50. The average Bonchev–Trinajstić information content (AvgIpc) is 2.83. The van der Waals surface area contributed by atoms with Gasteiger partial charge in [0.25, 0.3) is 0 Å².